The van der Waals surface area contributed by atoms with E-state index >= 15 is 0 Å². The van der Waals surface area contributed by atoms with Crippen molar-refractivity contribution in [3.05, 3.63) is 64.6 Å². The number of carbonyl (C=O) groups is 2. The highest BCUT2D eigenvalue weighted by atomic mass is 79.9. The largest absolute Gasteiger partial charge is 0.484 e. The van der Waals surface area contributed by atoms with Crippen molar-refractivity contribution in [2.45, 2.75) is 19.5 Å². The summed E-state index contributed by atoms with van der Waals surface area (Å²) in [6, 6.07) is 16.2. The number of rotatable bonds is 7. The molecule has 2 amide bonds. The van der Waals surface area contributed by atoms with E-state index in [9.17, 15) is 9.59 Å². The highest BCUT2D eigenvalue weighted by molar-refractivity contribution is 9.10. The Morgan fingerprint density at radius 3 is 2.52 bits per heavy atom. The smallest absolute Gasteiger partial charge is 0.261 e. The van der Waals surface area contributed by atoms with Gasteiger partial charge in [0.2, 0.25) is 5.91 Å². The normalized spacial score (nSPS) is 11.5. The highest BCUT2D eigenvalue weighted by Gasteiger charge is 2.25. The molecule has 0 spiro atoms. The van der Waals surface area contributed by atoms with E-state index in [4.69, 9.17) is 4.74 Å². The topological polar surface area (TPSA) is 58.6 Å². The van der Waals surface area contributed by atoms with Crippen LogP contribution in [0.3, 0.4) is 0 Å². The molecule has 2 aromatic rings. The molecule has 25 heavy (non-hydrogen) atoms. The number of ether oxygens (including phenoxy) is 1. The average Bonchev–Trinajstić information content (AvgIpc) is 2.64. The molecule has 1 atom stereocenters. The number of hydrogen-bond donors (Lipinski definition) is 1. The summed E-state index contributed by atoms with van der Waals surface area (Å²) in [5.41, 5.74) is 0.929. The maximum atomic E-state index is 12.7. The molecule has 2 aromatic carbocycles. The summed E-state index contributed by atoms with van der Waals surface area (Å²) in [6.07, 6.45) is 0. The van der Waals surface area contributed by atoms with Crippen molar-refractivity contribution < 1.29 is 14.3 Å². The van der Waals surface area contributed by atoms with Gasteiger partial charge in [-0.25, -0.2) is 0 Å². The second-order valence-electron chi connectivity index (χ2n) is 5.54. The van der Waals surface area contributed by atoms with Crippen LogP contribution in [0, 0.1) is 0 Å². The summed E-state index contributed by atoms with van der Waals surface area (Å²) < 4.78 is 6.46. The fraction of sp³-hybridized carbons (Fsp3) is 0.263. The number of halogens is 1. The molecule has 0 radical (unpaired) electrons. The van der Waals surface area contributed by atoms with Crippen molar-refractivity contribution in [2.24, 2.45) is 0 Å². The molecule has 6 heteroatoms. The maximum absolute atomic E-state index is 12.7. The molecule has 0 bridgehead atoms. The van der Waals surface area contributed by atoms with Gasteiger partial charge in [0.25, 0.3) is 5.91 Å². The van der Waals surface area contributed by atoms with E-state index in [2.05, 4.69) is 21.2 Å². The molecule has 1 N–H and O–H groups in total. The van der Waals surface area contributed by atoms with Crippen molar-refractivity contribution in [1.29, 1.82) is 0 Å². The lowest BCUT2D eigenvalue weighted by atomic mass is 10.1. The fourth-order valence-electron chi connectivity index (χ4n) is 2.37. The average molecular weight is 405 g/mol. The zero-order valence-electron chi connectivity index (χ0n) is 14.2. The first-order valence-electron chi connectivity index (χ1n) is 7.94. The van der Waals surface area contributed by atoms with E-state index in [0.29, 0.717) is 12.3 Å². The third kappa shape index (κ3) is 5.60. The van der Waals surface area contributed by atoms with Crippen LogP contribution in [-0.2, 0) is 16.1 Å². The summed E-state index contributed by atoms with van der Waals surface area (Å²) >= 11 is 3.42. The van der Waals surface area contributed by atoms with Crippen LogP contribution in [0.4, 0.5) is 0 Å². The second kappa shape index (κ2) is 9.22. The van der Waals surface area contributed by atoms with Gasteiger partial charge in [-0.1, -0.05) is 46.3 Å². The molecular formula is C19H21BrN2O3. The lowest BCUT2D eigenvalue weighted by Crippen LogP contribution is -2.48. The van der Waals surface area contributed by atoms with Crippen LogP contribution in [0.15, 0.2) is 59.1 Å². The Morgan fingerprint density at radius 2 is 1.88 bits per heavy atom. The number of nitrogens with zero attached hydrogens (tertiary/aromatic N) is 1. The van der Waals surface area contributed by atoms with Crippen molar-refractivity contribution in [3.8, 4) is 5.75 Å². The van der Waals surface area contributed by atoms with E-state index in [-0.39, 0.29) is 18.4 Å². The molecule has 132 valence electrons. The molecule has 0 unspecified atom stereocenters. The highest BCUT2D eigenvalue weighted by Crippen LogP contribution is 2.16. The van der Waals surface area contributed by atoms with Gasteiger partial charge in [-0.05, 0) is 36.8 Å². The number of likely N-dealkylation sites (N-methyl/N-ethyl adjacent to an activating group) is 1. The predicted molar refractivity (Wildman–Crippen MR) is 100 cm³/mol. The molecule has 2 rings (SSSR count). The molecule has 0 aliphatic rings. The molecule has 0 aromatic heterocycles. The number of nitrogens with one attached hydrogen (secondary N) is 1. The van der Waals surface area contributed by atoms with Gasteiger partial charge in [0.1, 0.15) is 11.8 Å². The van der Waals surface area contributed by atoms with Crippen LogP contribution < -0.4 is 10.1 Å². The first-order chi connectivity index (χ1) is 12.0. The molecule has 0 aliphatic heterocycles. The van der Waals surface area contributed by atoms with Gasteiger partial charge in [0.15, 0.2) is 6.61 Å². The lowest BCUT2D eigenvalue weighted by Gasteiger charge is -2.28. The first-order valence-corrected chi connectivity index (χ1v) is 8.74. The van der Waals surface area contributed by atoms with E-state index < -0.39 is 6.04 Å². The third-order valence-electron chi connectivity index (χ3n) is 3.76. The van der Waals surface area contributed by atoms with E-state index in [1.165, 1.54) is 4.90 Å². The van der Waals surface area contributed by atoms with Crippen LogP contribution in [0.25, 0.3) is 0 Å². The molecule has 0 saturated carbocycles. The van der Waals surface area contributed by atoms with Crippen LogP contribution in [0.1, 0.15) is 12.5 Å². The van der Waals surface area contributed by atoms with Gasteiger partial charge in [-0.2, -0.15) is 0 Å². The minimum absolute atomic E-state index is 0.126. The number of hydrogen-bond acceptors (Lipinski definition) is 3. The van der Waals surface area contributed by atoms with E-state index in [1.54, 1.807) is 26.1 Å². The minimum atomic E-state index is -0.601. The molecule has 0 saturated heterocycles. The molecule has 0 aliphatic carbocycles. The molecule has 5 nitrogen and oxygen atoms in total. The SMILES string of the molecule is CNC(=O)[C@@H](C)N(Cc1cccc(Br)c1)C(=O)COc1ccccc1. The van der Waals surface area contributed by atoms with Crippen LogP contribution in [-0.4, -0.2) is 36.4 Å². The van der Waals surface area contributed by atoms with E-state index in [1.807, 2.05) is 42.5 Å². The van der Waals surface area contributed by atoms with Crippen LogP contribution in [0.5, 0.6) is 5.75 Å². The monoisotopic (exact) mass is 404 g/mol. The lowest BCUT2D eigenvalue weighted by molar-refractivity contribution is -0.142. The molecule has 0 fully saturated rings. The van der Waals surface area contributed by atoms with Crippen molar-refractivity contribution in [3.63, 3.8) is 0 Å². The van der Waals surface area contributed by atoms with E-state index in [0.717, 1.165) is 10.0 Å². The van der Waals surface area contributed by atoms with Crippen LogP contribution in [0.2, 0.25) is 0 Å². The number of amides is 2. The van der Waals surface area contributed by atoms with Gasteiger partial charge < -0.3 is 15.0 Å². The zero-order valence-corrected chi connectivity index (χ0v) is 15.8. The van der Waals surface area contributed by atoms with Gasteiger partial charge >= 0.3 is 0 Å². The number of carbonyl (C=O) groups excluding carboxylic acids is 2. The second-order valence-corrected chi connectivity index (χ2v) is 6.46. The molecular weight excluding hydrogens is 384 g/mol. The summed E-state index contributed by atoms with van der Waals surface area (Å²) in [5.74, 6) is 0.147. The van der Waals surface area contributed by atoms with Crippen molar-refractivity contribution >= 4 is 27.7 Å². The van der Waals surface area contributed by atoms with Crippen LogP contribution >= 0.6 is 15.9 Å². The zero-order chi connectivity index (χ0) is 18.2. The number of para-hydroxylation sites is 1. The van der Waals surface area contributed by atoms with Crippen molar-refractivity contribution in [1.82, 2.24) is 10.2 Å². The fourth-order valence-corrected chi connectivity index (χ4v) is 2.81. The third-order valence-corrected chi connectivity index (χ3v) is 4.25. The summed E-state index contributed by atoms with van der Waals surface area (Å²) in [4.78, 5) is 26.2. The summed E-state index contributed by atoms with van der Waals surface area (Å²) in [6.45, 7) is 1.90. The Kier molecular flexibility index (Phi) is 7.01. The van der Waals surface area contributed by atoms with Gasteiger partial charge in [0, 0.05) is 18.1 Å². The van der Waals surface area contributed by atoms with Crippen molar-refractivity contribution in [2.75, 3.05) is 13.7 Å². The standard InChI is InChI=1S/C19H21BrN2O3/c1-14(19(24)21-2)22(12-15-7-6-8-16(20)11-15)18(23)13-25-17-9-4-3-5-10-17/h3-11,14H,12-13H2,1-2H3,(H,21,24)/t14-/m1/s1. The summed E-state index contributed by atoms with van der Waals surface area (Å²) in [7, 11) is 1.56. The first kappa shape index (κ1) is 19.0. The summed E-state index contributed by atoms with van der Waals surface area (Å²) in [5, 5.41) is 2.59. The maximum Gasteiger partial charge on any atom is 0.261 e. The quantitative estimate of drug-likeness (QED) is 0.771. The Balaban J connectivity index is 2.12. The Morgan fingerprint density at radius 1 is 1.16 bits per heavy atom. The minimum Gasteiger partial charge on any atom is -0.484 e. The van der Waals surface area contributed by atoms with Gasteiger partial charge in [-0.15, -0.1) is 0 Å². The Hall–Kier alpha value is -2.34. The van der Waals surface area contributed by atoms with Gasteiger partial charge in [0.05, 0.1) is 0 Å². The Labute approximate surface area is 156 Å². The van der Waals surface area contributed by atoms with Gasteiger partial charge in [-0.3, -0.25) is 9.59 Å². The number of benzene rings is 2. The predicted octanol–water partition coefficient (Wildman–Crippen LogP) is 2.99. The molecule has 0 heterocycles. The Bertz CT molecular complexity index is 722.